The first-order chi connectivity index (χ1) is 9.60. The van der Waals surface area contributed by atoms with Crippen molar-refractivity contribution in [3.05, 3.63) is 28.8 Å². The lowest BCUT2D eigenvalue weighted by Crippen LogP contribution is -2.21. The van der Waals surface area contributed by atoms with E-state index in [4.69, 9.17) is 11.6 Å². The summed E-state index contributed by atoms with van der Waals surface area (Å²) in [5, 5.41) is 6.70. The van der Waals surface area contributed by atoms with Crippen LogP contribution in [0.25, 0.3) is 0 Å². The number of anilines is 1. The molecular formula is C16H23ClN2O. The lowest BCUT2D eigenvalue weighted by atomic mass is 9.83. The van der Waals surface area contributed by atoms with E-state index >= 15 is 0 Å². The smallest absolute Gasteiger partial charge is 0.251 e. The predicted octanol–water partition coefficient (Wildman–Crippen LogP) is 3.94. The van der Waals surface area contributed by atoms with Crippen molar-refractivity contribution >= 4 is 23.2 Å². The zero-order valence-corrected chi connectivity index (χ0v) is 13.0. The maximum absolute atomic E-state index is 11.6. The number of halogens is 1. The molecule has 0 atom stereocenters. The Morgan fingerprint density at radius 1 is 1.30 bits per heavy atom. The highest BCUT2D eigenvalue weighted by Gasteiger charge is 2.18. The number of hydrogen-bond acceptors (Lipinski definition) is 2. The summed E-state index contributed by atoms with van der Waals surface area (Å²) in [6.45, 7) is 3.26. The molecule has 1 aliphatic rings. The Morgan fingerprint density at radius 3 is 2.65 bits per heavy atom. The molecule has 1 amide bonds. The van der Waals surface area contributed by atoms with Crippen LogP contribution in [-0.4, -0.2) is 19.5 Å². The van der Waals surface area contributed by atoms with Gasteiger partial charge in [0.2, 0.25) is 0 Å². The van der Waals surface area contributed by atoms with Crippen LogP contribution in [0.1, 0.15) is 43.0 Å². The standard InChI is InChI=1S/C16H23ClN2O/c1-11-3-5-12(6-4-11)10-19-15-9-13(16(20)18-2)7-8-14(15)17/h7-9,11-12,19H,3-6,10H2,1-2H3,(H,18,20). The Labute approximate surface area is 126 Å². The molecule has 110 valence electrons. The molecular weight excluding hydrogens is 272 g/mol. The summed E-state index contributed by atoms with van der Waals surface area (Å²) in [7, 11) is 1.63. The van der Waals surface area contributed by atoms with Crippen LogP contribution >= 0.6 is 11.6 Å². The van der Waals surface area contributed by atoms with Crippen LogP contribution in [-0.2, 0) is 0 Å². The molecule has 0 aromatic heterocycles. The molecule has 2 N–H and O–H groups in total. The van der Waals surface area contributed by atoms with Gasteiger partial charge in [0, 0.05) is 19.2 Å². The zero-order valence-electron chi connectivity index (χ0n) is 12.2. The molecule has 3 nitrogen and oxygen atoms in total. The van der Waals surface area contributed by atoms with Gasteiger partial charge in [-0.25, -0.2) is 0 Å². The van der Waals surface area contributed by atoms with Gasteiger partial charge < -0.3 is 10.6 Å². The molecule has 1 aliphatic carbocycles. The highest BCUT2D eigenvalue weighted by molar-refractivity contribution is 6.33. The second kappa shape index (κ2) is 6.98. The van der Waals surface area contributed by atoms with Gasteiger partial charge in [0.15, 0.2) is 0 Å². The van der Waals surface area contributed by atoms with Gasteiger partial charge in [0.05, 0.1) is 10.7 Å². The number of amides is 1. The molecule has 0 aliphatic heterocycles. The third-order valence-corrected chi connectivity index (χ3v) is 4.50. The molecule has 0 bridgehead atoms. The fraction of sp³-hybridized carbons (Fsp3) is 0.562. The predicted molar refractivity (Wildman–Crippen MR) is 84.5 cm³/mol. The van der Waals surface area contributed by atoms with E-state index in [9.17, 15) is 4.79 Å². The van der Waals surface area contributed by atoms with Crippen LogP contribution in [0.4, 0.5) is 5.69 Å². The van der Waals surface area contributed by atoms with Crippen molar-refractivity contribution in [2.24, 2.45) is 11.8 Å². The normalized spacial score (nSPS) is 22.4. The molecule has 2 rings (SSSR count). The van der Waals surface area contributed by atoms with E-state index in [1.165, 1.54) is 25.7 Å². The van der Waals surface area contributed by atoms with Crippen LogP contribution in [0, 0.1) is 11.8 Å². The van der Waals surface area contributed by atoms with E-state index in [0.29, 0.717) is 16.5 Å². The SMILES string of the molecule is CNC(=O)c1ccc(Cl)c(NCC2CCC(C)CC2)c1. The molecule has 20 heavy (non-hydrogen) atoms. The van der Waals surface area contributed by atoms with Crippen LogP contribution < -0.4 is 10.6 Å². The largest absolute Gasteiger partial charge is 0.384 e. The Balaban J connectivity index is 1.96. The van der Waals surface area contributed by atoms with E-state index < -0.39 is 0 Å². The van der Waals surface area contributed by atoms with Gasteiger partial charge in [-0.2, -0.15) is 0 Å². The Morgan fingerprint density at radius 2 is 2.00 bits per heavy atom. The maximum atomic E-state index is 11.6. The van der Waals surface area contributed by atoms with Crippen molar-refractivity contribution in [1.29, 1.82) is 0 Å². The van der Waals surface area contributed by atoms with Gasteiger partial charge in [-0.1, -0.05) is 31.4 Å². The average Bonchev–Trinajstić information content (AvgIpc) is 2.47. The van der Waals surface area contributed by atoms with Crippen molar-refractivity contribution in [3.8, 4) is 0 Å². The van der Waals surface area contributed by atoms with Crippen molar-refractivity contribution in [1.82, 2.24) is 5.32 Å². The van der Waals surface area contributed by atoms with E-state index in [1.54, 1.807) is 19.2 Å². The molecule has 0 heterocycles. The first-order valence-electron chi connectivity index (χ1n) is 7.35. The second-order valence-corrected chi connectivity index (χ2v) is 6.19. The van der Waals surface area contributed by atoms with Crippen molar-refractivity contribution < 1.29 is 4.79 Å². The number of carbonyl (C=O) groups is 1. The van der Waals surface area contributed by atoms with Crippen molar-refractivity contribution in [3.63, 3.8) is 0 Å². The van der Waals surface area contributed by atoms with Crippen LogP contribution in [0.2, 0.25) is 5.02 Å². The van der Waals surface area contributed by atoms with E-state index in [2.05, 4.69) is 17.6 Å². The molecule has 0 radical (unpaired) electrons. The van der Waals surface area contributed by atoms with Crippen LogP contribution in [0.5, 0.6) is 0 Å². The molecule has 4 heteroatoms. The summed E-state index contributed by atoms with van der Waals surface area (Å²) in [5.41, 5.74) is 1.49. The molecule has 1 fully saturated rings. The fourth-order valence-electron chi connectivity index (χ4n) is 2.73. The Kier molecular flexibility index (Phi) is 5.30. The number of nitrogens with one attached hydrogen (secondary N) is 2. The minimum atomic E-state index is -0.0868. The Hall–Kier alpha value is -1.22. The van der Waals surface area contributed by atoms with Gasteiger partial charge >= 0.3 is 0 Å². The number of benzene rings is 1. The summed E-state index contributed by atoms with van der Waals surface area (Å²) in [5.74, 6) is 1.49. The van der Waals surface area contributed by atoms with Crippen molar-refractivity contribution in [2.45, 2.75) is 32.6 Å². The fourth-order valence-corrected chi connectivity index (χ4v) is 2.92. The first kappa shape index (κ1) is 15.2. The molecule has 0 spiro atoms. The molecule has 0 unspecified atom stereocenters. The zero-order chi connectivity index (χ0) is 14.5. The monoisotopic (exact) mass is 294 g/mol. The summed E-state index contributed by atoms with van der Waals surface area (Å²) in [6, 6.07) is 5.35. The number of hydrogen-bond donors (Lipinski definition) is 2. The minimum Gasteiger partial charge on any atom is -0.384 e. The lowest BCUT2D eigenvalue weighted by molar-refractivity contribution is 0.0963. The maximum Gasteiger partial charge on any atom is 0.251 e. The van der Waals surface area contributed by atoms with Crippen molar-refractivity contribution in [2.75, 3.05) is 18.9 Å². The third-order valence-electron chi connectivity index (χ3n) is 4.17. The second-order valence-electron chi connectivity index (χ2n) is 5.78. The first-order valence-corrected chi connectivity index (χ1v) is 7.73. The molecule has 1 aromatic rings. The van der Waals surface area contributed by atoms with Gasteiger partial charge in [0.25, 0.3) is 5.91 Å². The van der Waals surface area contributed by atoms with Crippen LogP contribution in [0.15, 0.2) is 18.2 Å². The van der Waals surface area contributed by atoms with Crippen LogP contribution in [0.3, 0.4) is 0 Å². The lowest BCUT2D eigenvalue weighted by Gasteiger charge is -2.26. The third kappa shape index (κ3) is 3.89. The van der Waals surface area contributed by atoms with Gasteiger partial charge in [0.1, 0.15) is 0 Å². The summed E-state index contributed by atoms with van der Waals surface area (Å²) in [4.78, 5) is 11.6. The number of rotatable bonds is 4. The quantitative estimate of drug-likeness (QED) is 0.883. The summed E-state index contributed by atoms with van der Waals surface area (Å²) >= 11 is 6.19. The van der Waals surface area contributed by atoms with Gasteiger partial charge in [-0.15, -0.1) is 0 Å². The van der Waals surface area contributed by atoms with Gasteiger partial charge in [-0.05, 0) is 42.9 Å². The molecule has 1 saturated carbocycles. The average molecular weight is 295 g/mol. The highest BCUT2D eigenvalue weighted by atomic mass is 35.5. The number of carbonyl (C=O) groups excluding carboxylic acids is 1. The molecule has 0 saturated heterocycles. The van der Waals surface area contributed by atoms with Gasteiger partial charge in [-0.3, -0.25) is 4.79 Å². The Bertz CT molecular complexity index is 468. The van der Waals surface area contributed by atoms with E-state index in [1.807, 2.05) is 6.07 Å². The van der Waals surface area contributed by atoms with E-state index in [-0.39, 0.29) is 5.91 Å². The topological polar surface area (TPSA) is 41.1 Å². The summed E-state index contributed by atoms with van der Waals surface area (Å²) in [6.07, 6.45) is 5.19. The summed E-state index contributed by atoms with van der Waals surface area (Å²) < 4.78 is 0. The molecule has 1 aromatic carbocycles. The van der Waals surface area contributed by atoms with E-state index in [0.717, 1.165) is 18.2 Å². The minimum absolute atomic E-state index is 0.0868. The highest BCUT2D eigenvalue weighted by Crippen LogP contribution is 2.29.